The van der Waals surface area contributed by atoms with Crippen LogP contribution in [0.15, 0.2) is 48.5 Å². The zero-order chi connectivity index (χ0) is 14.0. The molecule has 0 saturated carbocycles. The van der Waals surface area contributed by atoms with E-state index in [9.17, 15) is 14.8 Å². The quantitative estimate of drug-likeness (QED) is 0.841. The number of para-hydroxylation sites is 2. The summed E-state index contributed by atoms with van der Waals surface area (Å²) in [5.74, 6) is -0.0782. The summed E-state index contributed by atoms with van der Waals surface area (Å²) in [6, 6.07) is 13.0. The lowest BCUT2D eigenvalue weighted by Crippen LogP contribution is -2.27. The molecule has 4 nitrogen and oxygen atoms in total. The standard InChI is InChI=1S/C14H16NO3P/c1-15(2)19(18,13-9-5-3-7-11(13)16)14-10-6-4-8-12(14)17/h3-10,16-17H,1-2H3. The second kappa shape index (κ2) is 5.08. The maximum Gasteiger partial charge on any atom is 0.214 e. The Labute approximate surface area is 112 Å². The van der Waals surface area contributed by atoms with Gasteiger partial charge in [0.2, 0.25) is 7.29 Å². The van der Waals surface area contributed by atoms with E-state index >= 15 is 0 Å². The number of aromatic hydroxyl groups is 2. The molecule has 2 aromatic carbocycles. The van der Waals surface area contributed by atoms with Gasteiger partial charge in [0.15, 0.2) is 0 Å². The van der Waals surface area contributed by atoms with Crippen LogP contribution in [0.5, 0.6) is 11.5 Å². The van der Waals surface area contributed by atoms with Gasteiger partial charge in [-0.05, 0) is 38.4 Å². The third-order valence-electron chi connectivity index (χ3n) is 2.98. The first-order valence-electron chi connectivity index (χ1n) is 5.83. The van der Waals surface area contributed by atoms with E-state index in [4.69, 9.17) is 0 Å². The van der Waals surface area contributed by atoms with Gasteiger partial charge in [-0.2, -0.15) is 0 Å². The second-order valence-electron chi connectivity index (χ2n) is 4.40. The largest absolute Gasteiger partial charge is 0.507 e. The van der Waals surface area contributed by atoms with Crippen LogP contribution in [0.2, 0.25) is 0 Å². The number of hydrogen-bond acceptors (Lipinski definition) is 3. The van der Waals surface area contributed by atoms with E-state index in [1.165, 1.54) is 16.8 Å². The molecule has 0 heterocycles. The van der Waals surface area contributed by atoms with Crippen LogP contribution in [0.4, 0.5) is 0 Å². The monoisotopic (exact) mass is 277 g/mol. The zero-order valence-electron chi connectivity index (χ0n) is 10.8. The molecule has 2 aromatic rings. The highest BCUT2D eigenvalue weighted by atomic mass is 31.2. The maximum atomic E-state index is 13.4. The van der Waals surface area contributed by atoms with Gasteiger partial charge in [0.1, 0.15) is 11.5 Å². The summed E-state index contributed by atoms with van der Waals surface area (Å²) in [4.78, 5) is 0. The van der Waals surface area contributed by atoms with Crippen molar-refractivity contribution in [3.63, 3.8) is 0 Å². The van der Waals surface area contributed by atoms with E-state index in [2.05, 4.69) is 0 Å². The maximum absolute atomic E-state index is 13.4. The highest BCUT2D eigenvalue weighted by Gasteiger charge is 2.34. The number of benzene rings is 2. The van der Waals surface area contributed by atoms with Gasteiger partial charge < -0.3 is 10.2 Å². The normalized spacial score (nSPS) is 11.7. The molecular weight excluding hydrogens is 261 g/mol. The Morgan fingerprint density at radius 2 is 1.21 bits per heavy atom. The van der Waals surface area contributed by atoms with E-state index in [0.29, 0.717) is 10.6 Å². The molecule has 0 spiro atoms. The van der Waals surface area contributed by atoms with Gasteiger partial charge in [0.25, 0.3) is 0 Å². The molecule has 0 aliphatic carbocycles. The van der Waals surface area contributed by atoms with E-state index in [1.54, 1.807) is 50.5 Å². The Hall–Kier alpha value is -1.77. The molecule has 19 heavy (non-hydrogen) atoms. The van der Waals surface area contributed by atoms with Gasteiger partial charge in [0, 0.05) is 0 Å². The first-order chi connectivity index (χ1) is 8.98. The van der Waals surface area contributed by atoms with Crippen molar-refractivity contribution in [1.82, 2.24) is 4.67 Å². The van der Waals surface area contributed by atoms with Gasteiger partial charge in [-0.3, -0.25) is 9.24 Å². The van der Waals surface area contributed by atoms with Crippen LogP contribution in [0.25, 0.3) is 0 Å². The van der Waals surface area contributed by atoms with Crippen molar-refractivity contribution in [2.75, 3.05) is 14.1 Å². The number of phenolic OH excluding ortho intramolecular Hbond substituents is 2. The summed E-state index contributed by atoms with van der Waals surface area (Å²) in [6.07, 6.45) is 0. The van der Waals surface area contributed by atoms with Crippen LogP contribution in [-0.2, 0) is 4.57 Å². The SMILES string of the molecule is CN(C)P(=O)(c1ccccc1O)c1ccccc1O. The highest BCUT2D eigenvalue weighted by molar-refractivity contribution is 7.76. The molecule has 0 saturated heterocycles. The topological polar surface area (TPSA) is 60.8 Å². The van der Waals surface area contributed by atoms with Crippen LogP contribution < -0.4 is 10.6 Å². The summed E-state index contributed by atoms with van der Waals surface area (Å²) in [6.45, 7) is 0. The predicted octanol–water partition coefficient (Wildman–Crippen LogP) is 1.89. The van der Waals surface area contributed by atoms with Gasteiger partial charge in [-0.15, -0.1) is 0 Å². The van der Waals surface area contributed by atoms with Crippen LogP contribution in [0, 0.1) is 0 Å². The van der Waals surface area contributed by atoms with Crippen LogP contribution >= 0.6 is 7.29 Å². The number of rotatable bonds is 3. The minimum atomic E-state index is -3.24. The Balaban J connectivity index is 2.74. The summed E-state index contributed by atoms with van der Waals surface area (Å²) in [5.41, 5.74) is 0. The molecule has 0 aliphatic heterocycles. The minimum absolute atomic E-state index is 0.0391. The minimum Gasteiger partial charge on any atom is -0.507 e. The lowest BCUT2D eigenvalue weighted by molar-refractivity contribution is 0.473. The summed E-state index contributed by atoms with van der Waals surface area (Å²) in [5, 5.41) is 20.6. The summed E-state index contributed by atoms with van der Waals surface area (Å²) in [7, 11) is 0.0947. The van der Waals surface area contributed by atoms with Crippen molar-refractivity contribution in [1.29, 1.82) is 0 Å². The Bertz CT molecular complexity index is 591. The average molecular weight is 277 g/mol. The summed E-state index contributed by atoms with van der Waals surface area (Å²) < 4.78 is 14.9. The molecule has 0 unspecified atom stereocenters. The summed E-state index contributed by atoms with van der Waals surface area (Å²) >= 11 is 0. The van der Waals surface area contributed by atoms with Gasteiger partial charge in [-0.25, -0.2) is 0 Å². The third kappa shape index (κ3) is 2.25. The molecule has 0 aliphatic rings. The number of nitrogens with zero attached hydrogens (tertiary/aromatic N) is 1. The highest BCUT2D eigenvalue weighted by Crippen LogP contribution is 2.49. The molecule has 0 aromatic heterocycles. The smallest absolute Gasteiger partial charge is 0.214 e. The molecule has 2 rings (SSSR count). The molecule has 0 fully saturated rings. The molecule has 0 radical (unpaired) electrons. The Morgan fingerprint density at radius 1 is 0.842 bits per heavy atom. The predicted molar refractivity (Wildman–Crippen MR) is 76.8 cm³/mol. The van der Waals surface area contributed by atoms with Crippen molar-refractivity contribution < 1.29 is 14.8 Å². The fraction of sp³-hybridized carbons (Fsp3) is 0.143. The number of hydrogen-bond donors (Lipinski definition) is 2. The fourth-order valence-corrected chi connectivity index (χ4v) is 4.47. The van der Waals surface area contributed by atoms with Gasteiger partial charge in [0.05, 0.1) is 10.6 Å². The molecule has 0 amide bonds. The van der Waals surface area contributed by atoms with Crippen LogP contribution in [0.1, 0.15) is 0 Å². The zero-order valence-corrected chi connectivity index (χ0v) is 11.7. The average Bonchev–Trinajstić information content (AvgIpc) is 2.38. The van der Waals surface area contributed by atoms with Crippen LogP contribution in [0.3, 0.4) is 0 Å². The molecule has 5 heteroatoms. The lowest BCUT2D eigenvalue weighted by Gasteiger charge is -2.26. The van der Waals surface area contributed by atoms with E-state index in [0.717, 1.165) is 0 Å². The lowest BCUT2D eigenvalue weighted by atomic mass is 10.3. The van der Waals surface area contributed by atoms with Crippen molar-refractivity contribution >= 4 is 17.9 Å². The fourth-order valence-electron chi connectivity index (χ4n) is 2.00. The Morgan fingerprint density at radius 3 is 1.53 bits per heavy atom. The first-order valence-corrected chi connectivity index (χ1v) is 7.49. The van der Waals surface area contributed by atoms with E-state index in [-0.39, 0.29) is 11.5 Å². The van der Waals surface area contributed by atoms with Crippen molar-refractivity contribution in [2.24, 2.45) is 0 Å². The van der Waals surface area contributed by atoms with E-state index in [1.807, 2.05) is 0 Å². The molecule has 0 atom stereocenters. The van der Waals surface area contributed by atoms with E-state index < -0.39 is 7.29 Å². The second-order valence-corrected chi connectivity index (χ2v) is 7.32. The Kier molecular flexibility index (Phi) is 3.65. The van der Waals surface area contributed by atoms with Gasteiger partial charge in [-0.1, -0.05) is 24.3 Å². The molecule has 0 bridgehead atoms. The number of phenols is 2. The molecule has 100 valence electrons. The van der Waals surface area contributed by atoms with Crippen molar-refractivity contribution in [3.05, 3.63) is 48.5 Å². The van der Waals surface area contributed by atoms with Crippen molar-refractivity contribution in [2.45, 2.75) is 0 Å². The third-order valence-corrected chi connectivity index (χ3v) is 6.17. The van der Waals surface area contributed by atoms with Gasteiger partial charge >= 0.3 is 0 Å². The van der Waals surface area contributed by atoms with Crippen molar-refractivity contribution in [3.8, 4) is 11.5 Å². The molecule has 2 N–H and O–H groups in total. The first kappa shape index (κ1) is 13.7. The molecular formula is C14H16NO3P. The van der Waals surface area contributed by atoms with Crippen LogP contribution in [-0.4, -0.2) is 29.0 Å².